The van der Waals surface area contributed by atoms with Gasteiger partial charge in [-0.3, -0.25) is 14.4 Å². The highest BCUT2D eigenvalue weighted by Gasteiger charge is 2.54. The fourth-order valence-corrected chi connectivity index (χ4v) is 5.28. The Morgan fingerprint density at radius 1 is 0.614 bits per heavy atom. The summed E-state index contributed by atoms with van der Waals surface area (Å²) in [6.07, 6.45) is -20.6. The van der Waals surface area contributed by atoms with E-state index in [-0.39, 0.29) is 6.42 Å². The van der Waals surface area contributed by atoms with E-state index >= 15 is 0 Å². The highest BCUT2D eigenvalue weighted by atomic mass is 16.7. The lowest BCUT2D eigenvalue weighted by Crippen LogP contribution is -2.71. The van der Waals surface area contributed by atoms with Crippen LogP contribution in [0.3, 0.4) is 0 Å². The SMILES string of the molecule is CCC(=O)N[C@@H]1OC(CO)[C@H](O[C@H]2O[C@H](CO)[C@@H](O[C@@H]3OC(CO)[C@H](O)[C@H](O)C3O)C(O)C2NC(C)=O)[C@H](O)C1NC(C)=O. The minimum absolute atomic E-state index is 0.0492. The topological polar surface area (TPSA) is 295 Å². The number of hydrogen-bond donors (Lipinski definition) is 11. The van der Waals surface area contributed by atoms with Crippen LogP contribution in [0.15, 0.2) is 0 Å². The third-order valence-corrected chi connectivity index (χ3v) is 7.55. The van der Waals surface area contributed by atoms with Gasteiger partial charge in [0.25, 0.3) is 0 Å². The number of hydrogen-bond acceptors (Lipinski definition) is 16. The Kier molecular flexibility index (Phi) is 13.2. The zero-order chi connectivity index (χ0) is 32.9. The molecule has 0 spiro atoms. The van der Waals surface area contributed by atoms with Gasteiger partial charge in [-0.1, -0.05) is 6.92 Å². The van der Waals surface area contributed by atoms with Crippen LogP contribution < -0.4 is 16.0 Å². The van der Waals surface area contributed by atoms with Crippen LogP contribution in [0, 0.1) is 0 Å². The predicted octanol–water partition coefficient (Wildman–Crippen LogP) is -6.75. The van der Waals surface area contributed by atoms with E-state index in [1.807, 2.05) is 0 Å². The molecule has 19 nitrogen and oxygen atoms in total. The van der Waals surface area contributed by atoms with Crippen molar-refractivity contribution in [3.05, 3.63) is 0 Å². The first-order valence-electron chi connectivity index (χ1n) is 14.1. The number of carbonyl (C=O) groups is 3. The molecule has 19 heteroatoms. The summed E-state index contributed by atoms with van der Waals surface area (Å²) in [5.41, 5.74) is 0. The Labute approximate surface area is 252 Å². The summed E-state index contributed by atoms with van der Waals surface area (Å²) >= 11 is 0. The van der Waals surface area contributed by atoms with E-state index in [0.29, 0.717) is 0 Å². The van der Waals surface area contributed by atoms with Gasteiger partial charge in [-0.2, -0.15) is 0 Å². The lowest BCUT2D eigenvalue weighted by Gasteiger charge is -2.49. The van der Waals surface area contributed by atoms with Crippen molar-refractivity contribution in [3.8, 4) is 0 Å². The molecule has 254 valence electrons. The average molecular weight is 642 g/mol. The molecule has 3 rings (SSSR count). The molecule has 3 fully saturated rings. The van der Waals surface area contributed by atoms with E-state index in [4.69, 9.17) is 23.7 Å². The second-order valence-corrected chi connectivity index (χ2v) is 10.8. The molecule has 3 saturated heterocycles. The van der Waals surface area contributed by atoms with E-state index in [2.05, 4.69) is 16.0 Å². The van der Waals surface area contributed by atoms with Gasteiger partial charge in [0.05, 0.1) is 19.8 Å². The van der Waals surface area contributed by atoms with Crippen LogP contribution >= 0.6 is 0 Å². The van der Waals surface area contributed by atoms with Crippen molar-refractivity contribution in [3.63, 3.8) is 0 Å². The van der Waals surface area contributed by atoms with Crippen LogP contribution in [0.5, 0.6) is 0 Å². The second-order valence-electron chi connectivity index (χ2n) is 10.8. The molecule has 3 aliphatic rings. The average Bonchev–Trinajstić information content (AvgIpc) is 2.98. The first-order chi connectivity index (χ1) is 20.8. The van der Waals surface area contributed by atoms with E-state index in [9.17, 15) is 55.2 Å². The molecular weight excluding hydrogens is 598 g/mol. The number of aliphatic hydroxyl groups excluding tert-OH is 8. The molecule has 0 saturated carbocycles. The van der Waals surface area contributed by atoms with Gasteiger partial charge < -0.3 is 80.5 Å². The first kappa shape index (κ1) is 36.4. The molecule has 3 amide bonds. The van der Waals surface area contributed by atoms with Crippen LogP contribution in [0.4, 0.5) is 0 Å². The molecule has 0 aromatic heterocycles. The van der Waals surface area contributed by atoms with Crippen molar-refractivity contribution in [2.45, 2.75) is 119 Å². The maximum absolute atomic E-state index is 12.1. The number of rotatable bonds is 11. The van der Waals surface area contributed by atoms with Gasteiger partial charge in [-0.05, 0) is 0 Å². The second kappa shape index (κ2) is 15.9. The Bertz CT molecular complexity index is 976. The summed E-state index contributed by atoms with van der Waals surface area (Å²) in [6, 6.07) is -2.77. The summed E-state index contributed by atoms with van der Waals surface area (Å²) in [5.74, 6) is -1.75. The van der Waals surface area contributed by atoms with Crippen molar-refractivity contribution in [1.82, 2.24) is 16.0 Å². The minimum Gasteiger partial charge on any atom is -0.394 e. The van der Waals surface area contributed by atoms with Gasteiger partial charge >= 0.3 is 0 Å². The maximum atomic E-state index is 12.1. The molecule has 44 heavy (non-hydrogen) atoms. The normalized spacial score (nSPS) is 42.8. The van der Waals surface area contributed by atoms with Crippen molar-refractivity contribution >= 4 is 17.7 Å². The Hall–Kier alpha value is -2.11. The molecule has 3 heterocycles. The molecule has 0 aromatic carbocycles. The lowest BCUT2D eigenvalue weighted by molar-refractivity contribution is -0.358. The zero-order valence-corrected chi connectivity index (χ0v) is 24.3. The third kappa shape index (κ3) is 8.18. The summed E-state index contributed by atoms with van der Waals surface area (Å²) in [6.45, 7) is 1.49. The van der Waals surface area contributed by atoms with E-state index in [0.717, 1.165) is 13.8 Å². The maximum Gasteiger partial charge on any atom is 0.221 e. The van der Waals surface area contributed by atoms with Gasteiger partial charge in [-0.15, -0.1) is 0 Å². The molecule has 0 aliphatic carbocycles. The molecule has 3 aliphatic heterocycles. The summed E-state index contributed by atoms with van der Waals surface area (Å²) < 4.78 is 28.5. The summed E-state index contributed by atoms with van der Waals surface area (Å²) in [5, 5.41) is 90.1. The summed E-state index contributed by atoms with van der Waals surface area (Å²) in [7, 11) is 0. The number of amides is 3. The summed E-state index contributed by atoms with van der Waals surface area (Å²) in [4.78, 5) is 36.1. The van der Waals surface area contributed by atoms with Crippen LogP contribution in [-0.4, -0.2) is 170 Å². The van der Waals surface area contributed by atoms with Crippen molar-refractivity contribution in [1.29, 1.82) is 0 Å². The highest BCUT2D eigenvalue weighted by molar-refractivity contribution is 5.76. The third-order valence-electron chi connectivity index (χ3n) is 7.55. The van der Waals surface area contributed by atoms with Gasteiger partial charge in [0.15, 0.2) is 18.8 Å². The van der Waals surface area contributed by atoms with Crippen molar-refractivity contribution in [2.24, 2.45) is 0 Å². The first-order valence-corrected chi connectivity index (χ1v) is 14.1. The zero-order valence-electron chi connectivity index (χ0n) is 24.3. The molecule has 0 bridgehead atoms. The van der Waals surface area contributed by atoms with E-state index in [1.165, 1.54) is 0 Å². The van der Waals surface area contributed by atoms with Crippen molar-refractivity contribution < 1.29 is 78.9 Å². The van der Waals surface area contributed by atoms with Crippen LogP contribution in [0.2, 0.25) is 0 Å². The molecule has 0 radical (unpaired) electrons. The molecule has 0 aromatic rings. The Balaban J connectivity index is 1.87. The van der Waals surface area contributed by atoms with Gasteiger partial charge in [0.1, 0.15) is 73.1 Å². The van der Waals surface area contributed by atoms with E-state index in [1.54, 1.807) is 6.92 Å². The quantitative estimate of drug-likeness (QED) is 0.0999. The highest BCUT2D eigenvalue weighted by Crippen LogP contribution is 2.32. The molecule has 6 unspecified atom stereocenters. The monoisotopic (exact) mass is 641 g/mol. The van der Waals surface area contributed by atoms with Crippen LogP contribution in [0.1, 0.15) is 27.2 Å². The Morgan fingerprint density at radius 2 is 1.09 bits per heavy atom. The van der Waals surface area contributed by atoms with E-state index < -0.39 is 129 Å². The molecule has 11 N–H and O–H groups in total. The molecular formula is C25H43N3O16. The van der Waals surface area contributed by atoms with Gasteiger partial charge in [0.2, 0.25) is 17.7 Å². The predicted molar refractivity (Wildman–Crippen MR) is 141 cm³/mol. The number of nitrogens with one attached hydrogen (secondary N) is 3. The minimum atomic E-state index is -1.86. The lowest BCUT2D eigenvalue weighted by atomic mass is 9.93. The fraction of sp³-hybridized carbons (Fsp3) is 0.880. The fourth-order valence-electron chi connectivity index (χ4n) is 5.28. The van der Waals surface area contributed by atoms with Gasteiger partial charge in [-0.25, -0.2) is 0 Å². The number of aliphatic hydroxyl groups is 8. The Morgan fingerprint density at radius 3 is 1.61 bits per heavy atom. The smallest absolute Gasteiger partial charge is 0.221 e. The van der Waals surface area contributed by atoms with Crippen molar-refractivity contribution in [2.75, 3.05) is 19.8 Å². The van der Waals surface area contributed by atoms with Crippen LogP contribution in [0.25, 0.3) is 0 Å². The number of ether oxygens (including phenoxy) is 5. The van der Waals surface area contributed by atoms with Crippen LogP contribution in [-0.2, 0) is 38.1 Å². The standard InChI is InChI=1S/C25H43N3O16/c1-4-13(34)28-23-14(26-8(2)32)17(36)21(11(6-30)40-23)43-24-15(27-9(3)33)18(37)22(12(7-31)42-24)44-25-20(39)19(38)16(35)10(5-29)41-25/h10-12,14-25,29-31,35-39H,4-7H2,1-3H3,(H,26,32)(H,27,33)(H,28,34)/t10?,11?,12-,14?,15?,16+,17-,18?,19+,20?,21+,22-,23-,24-,25+/m1/s1. The van der Waals surface area contributed by atoms with Gasteiger partial charge in [0, 0.05) is 20.3 Å². The number of carbonyl (C=O) groups excluding carboxylic acids is 3. The largest absolute Gasteiger partial charge is 0.394 e. The molecule has 15 atom stereocenters.